The summed E-state index contributed by atoms with van der Waals surface area (Å²) in [4.78, 5) is 4.31. The van der Waals surface area contributed by atoms with E-state index in [4.69, 9.17) is 5.41 Å². The number of rotatable bonds is 8. The Morgan fingerprint density at radius 3 is 2.26 bits per heavy atom. The number of hydrogen-bond donors (Lipinski definition) is 1. The third kappa shape index (κ3) is 6.50. The number of pyridine rings is 1. The number of fused-ring (bicyclic) bond motifs is 1. The van der Waals surface area contributed by atoms with Crippen molar-refractivity contribution in [1.82, 2.24) is 4.98 Å². The molecule has 4 aromatic carbocycles. The summed E-state index contributed by atoms with van der Waals surface area (Å²) in [6.45, 7) is 3.92. The third-order valence-electron chi connectivity index (χ3n) is 7.60. The lowest BCUT2D eigenvalue weighted by atomic mass is 9.91. The highest BCUT2D eigenvalue weighted by Crippen LogP contribution is 2.31. The maximum absolute atomic E-state index is 9.16. The van der Waals surface area contributed by atoms with Gasteiger partial charge in [0.15, 0.2) is 0 Å². The van der Waals surface area contributed by atoms with E-state index < -0.39 is 0 Å². The Balaban J connectivity index is 1.38. The van der Waals surface area contributed by atoms with Gasteiger partial charge in [0, 0.05) is 18.0 Å². The van der Waals surface area contributed by atoms with Crippen molar-refractivity contribution in [2.45, 2.75) is 6.42 Å². The summed E-state index contributed by atoms with van der Waals surface area (Å²) in [7, 11) is 0. The summed E-state index contributed by atoms with van der Waals surface area (Å²) in [6, 6.07) is 35.6. The van der Waals surface area contributed by atoms with E-state index in [1.807, 2.05) is 42.6 Å². The molecule has 0 amide bonds. The predicted molar refractivity (Wildman–Crippen MR) is 183 cm³/mol. The Morgan fingerprint density at radius 1 is 0.721 bits per heavy atom. The topological polar surface area (TPSA) is 36.7 Å². The van der Waals surface area contributed by atoms with Gasteiger partial charge in [-0.3, -0.25) is 4.98 Å². The molecule has 0 aliphatic heterocycles. The molecule has 0 atom stereocenters. The minimum Gasteiger partial charge on any atom is -0.300 e. The van der Waals surface area contributed by atoms with Crippen LogP contribution in [0.2, 0.25) is 0 Å². The second kappa shape index (κ2) is 12.9. The molecule has 2 heteroatoms. The van der Waals surface area contributed by atoms with Crippen LogP contribution < -0.4 is 0 Å². The Morgan fingerprint density at radius 2 is 1.49 bits per heavy atom. The zero-order valence-electron chi connectivity index (χ0n) is 23.9. The fourth-order valence-corrected chi connectivity index (χ4v) is 5.35. The first kappa shape index (κ1) is 27.6. The molecule has 43 heavy (non-hydrogen) atoms. The highest BCUT2D eigenvalue weighted by Gasteiger charge is 2.11. The predicted octanol–water partition coefficient (Wildman–Crippen LogP) is 10.4. The summed E-state index contributed by atoms with van der Waals surface area (Å²) >= 11 is 0. The summed E-state index contributed by atoms with van der Waals surface area (Å²) in [5.74, 6) is 0. The van der Waals surface area contributed by atoms with Crippen molar-refractivity contribution in [2.75, 3.05) is 0 Å². The lowest BCUT2D eigenvalue weighted by Gasteiger charge is -2.13. The molecule has 1 aliphatic rings. The van der Waals surface area contributed by atoms with Crippen molar-refractivity contribution in [3.8, 4) is 11.1 Å². The van der Waals surface area contributed by atoms with Gasteiger partial charge in [0.25, 0.3) is 0 Å². The molecule has 0 radical (unpaired) electrons. The average Bonchev–Trinajstić information content (AvgIpc) is 3.08. The third-order valence-corrected chi connectivity index (χ3v) is 7.60. The molecule has 2 nitrogen and oxygen atoms in total. The summed E-state index contributed by atoms with van der Waals surface area (Å²) in [5.41, 5.74) is 10.0. The lowest BCUT2D eigenvalue weighted by Crippen LogP contribution is -1.99. The van der Waals surface area contributed by atoms with Crippen molar-refractivity contribution in [3.05, 3.63) is 199 Å². The van der Waals surface area contributed by atoms with Gasteiger partial charge in [0.2, 0.25) is 0 Å². The van der Waals surface area contributed by atoms with Crippen LogP contribution in [0.25, 0.3) is 33.0 Å². The number of benzene rings is 4. The fraction of sp³-hybridized carbons (Fsp3) is 0.0244. The van der Waals surface area contributed by atoms with Crippen molar-refractivity contribution < 1.29 is 0 Å². The quantitative estimate of drug-likeness (QED) is 0.151. The molecule has 0 bridgehead atoms. The lowest BCUT2D eigenvalue weighted by molar-refractivity contribution is 1.26. The van der Waals surface area contributed by atoms with Crippen LogP contribution in [0.1, 0.15) is 28.7 Å². The van der Waals surface area contributed by atoms with Crippen molar-refractivity contribution in [1.29, 1.82) is 5.41 Å². The van der Waals surface area contributed by atoms with Crippen molar-refractivity contribution >= 4 is 27.6 Å². The zero-order valence-corrected chi connectivity index (χ0v) is 23.9. The Bertz CT molecular complexity index is 1950. The maximum atomic E-state index is 9.16. The standard InChI is InChI=1S/C41H32N2/c1-2-10-34(25-30-11-4-3-5-12-30)32-18-21-33(22-19-32)41(42)28-40(38-23-20-31-13-6-7-14-35(31)26-38)37-16-8-15-36(27-37)39-17-9-24-43-29-39/h2-11,13-29,42H,1,12H2/b30-25-,34-10+,40-28-,42-41?. The van der Waals surface area contributed by atoms with E-state index in [-0.39, 0.29) is 0 Å². The number of nitrogens with one attached hydrogen (secondary N) is 1. The maximum Gasteiger partial charge on any atom is 0.0618 e. The largest absolute Gasteiger partial charge is 0.300 e. The minimum atomic E-state index is 0.453. The second-order valence-electron chi connectivity index (χ2n) is 10.5. The van der Waals surface area contributed by atoms with Gasteiger partial charge < -0.3 is 5.41 Å². The van der Waals surface area contributed by atoms with E-state index in [0.29, 0.717) is 5.71 Å². The van der Waals surface area contributed by atoms with Gasteiger partial charge in [-0.25, -0.2) is 0 Å². The summed E-state index contributed by atoms with van der Waals surface area (Å²) < 4.78 is 0. The van der Waals surface area contributed by atoms with E-state index in [0.717, 1.165) is 50.9 Å². The van der Waals surface area contributed by atoms with Gasteiger partial charge in [0.1, 0.15) is 0 Å². The first-order valence-electron chi connectivity index (χ1n) is 14.5. The molecule has 1 aliphatic carbocycles. The van der Waals surface area contributed by atoms with Crippen LogP contribution in [0.4, 0.5) is 0 Å². The van der Waals surface area contributed by atoms with E-state index in [1.165, 1.54) is 16.3 Å². The Kier molecular flexibility index (Phi) is 8.29. The highest BCUT2D eigenvalue weighted by molar-refractivity contribution is 6.12. The molecule has 206 valence electrons. The molecule has 1 heterocycles. The molecule has 1 N–H and O–H groups in total. The fourth-order valence-electron chi connectivity index (χ4n) is 5.35. The molecule has 0 fully saturated rings. The van der Waals surface area contributed by atoms with Gasteiger partial charge in [-0.15, -0.1) is 0 Å². The number of hydrogen-bond acceptors (Lipinski definition) is 2. The smallest absolute Gasteiger partial charge is 0.0618 e. The van der Waals surface area contributed by atoms with Crippen molar-refractivity contribution in [2.24, 2.45) is 0 Å². The second-order valence-corrected chi connectivity index (χ2v) is 10.5. The highest BCUT2D eigenvalue weighted by atomic mass is 14.6. The molecule has 0 saturated carbocycles. The van der Waals surface area contributed by atoms with Crippen LogP contribution in [-0.4, -0.2) is 10.7 Å². The molecular formula is C41H32N2. The molecule has 0 saturated heterocycles. The zero-order chi connectivity index (χ0) is 29.4. The van der Waals surface area contributed by atoms with E-state index in [1.54, 1.807) is 6.20 Å². The van der Waals surface area contributed by atoms with Crippen LogP contribution in [0.3, 0.4) is 0 Å². The number of aromatic nitrogens is 1. The van der Waals surface area contributed by atoms with E-state index in [2.05, 4.69) is 127 Å². The minimum absolute atomic E-state index is 0.453. The van der Waals surface area contributed by atoms with Crippen LogP contribution in [0.5, 0.6) is 0 Å². The van der Waals surface area contributed by atoms with E-state index in [9.17, 15) is 0 Å². The van der Waals surface area contributed by atoms with E-state index >= 15 is 0 Å². The Hall–Kier alpha value is -5.60. The monoisotopic (exact) mass is 552 g/mol. The molecule has 1 aromatic heterocycles. The van der Waals surface area contributed by atoms with Gasteiger partial charge in [-0.1, -0.05) is 134 Å². The van der Waals surface area contributed by atoms with Gasteiger partial charge in [-0.2, -0.15) is 0 Å². The van der Waals surface area contributed by atoms with Gasteiger partial charge >= 0.3 is 0 Å². The van der Waals surface area contributed by atoms with Crippen molar-refractivity contribution in [3.63, 3.8) is 0 Å². The molecule has 6 rings (SSSR count). The van der Waals surface area contributed by atoms with Gasteiger partial charge in [-0.05, 0) is 86.0 Å². The van der Waals surface area contributed by atoms with Crippen LogP contribution in [0, 0.1) is 5.41 Å². The first-order chi connectivity index (χ1) is 21.2. The Labute approximate surface area is 253 Å². The molecule has 5 aromatic rings. The van der Waals surface area contributed by atoms with Crippen LogP contribution in [0.15, 0.2) is 176 Å². The average molecular weight is 553 g/mol. The van der Waals surface area contributed by atoms with Crippen LogP contribution >= 0.6 is 0 Å². The SMILES string of the molecule is C=C/C=C(\C=C1\C=CC=CC1)c1ccc(C(=N)/C=C(/c2cccc(-c3cccnc3)c2)c2ccc3ccccc3c2)cc1. The molecule has 0 spiro atoms. The first-order valence-corrected chi connectivity index (χ1v) is 14.5. The number of allylic oxidation sites excluding steroid dienone is 10. The van der Waals surface area contributed by atoms with Gasteiger partial charge in [0.05, 0.1) is 5.71 Å². The van der Waals surface area contributed by atoms with Crippen LogP contribution in [-0.2, 0) is 0 Å². The molecule has 0 unspecified atom stereocenters. The summed E-state index contributed by atoms with van der Waals surface area (Å²) in [6.07, 6.45) is 21.1. The summed E-state index contributed by atoms with van der Waals surface area (Å²) in [5, 5.41) is 11.5. The molecular weight excluding hydrogens is 520 g/mol. The normalized spacial score (nSPS) is 14.3. The number of nitrogens with zero attached hydrogens (tertiary/aromatic N) is 1.